The molecule has 5 nitrogen and oxygen atoms in total. The van der Waals surface area contributed by atoms with Crippen molar-refractivity contribution < 1.29 is 28.6 Å². The standard InChI is InChI=1S/C19H19F2NO4/c1-19(2,3)13-8-14(20)11(7-17(13)24)5-12(23)4-10-6-16(18(25)26)22-9-15(10)21/h6-9,24H,4-5H2,1-3H3,(H,25,26). The number of Topliss-reactive ketones (excluding diaryl/α,β-unsaturated/α-hetero) is 1. The molecule has 2 aromatic rings. The van der Waals surface area contributed by atoms with Crippen LogP contribution in [0.5, 0.6) is 5.75 Å². The number of rotatable bonds is 5. The monoisotopic (exact) mass is 363 g/mol. The molecular formula is C19H19F2NO4. The van der Waals surface area contributed by atoms with Crippen LogP contribution < -0.4 is 0 Å². The van der Waals surface area contributed by atoms with E-state index < -0.39 is 35.2 Å². The first kappa shape index (κ1) is 19.5. The van der Waals surface area contributed by atoms with Gasteiger partial charge in [-0.15, -0.1) is 0 Å². The van der Waals surface area contributed by atoms with Crippen molar-refractivity contribution in [2.75, 3.05) is 0 Å². The molecule has 0 unspecified atom stereocenters. The van der Waals surface area contributed by atoms with Crippen molar-refractivity contribution in [2.24, 2.45) is 0 Å². The van der Waals surface area contributed by atoms with Gasteiger partial charge >= 0.3 is 5.97 Å². The lowest BCUT2D eigenvalue weighted by atomic mass is 9.85. The Hall–Kier alpha value is -2.83. The van der Waals surface area contributed by atoms with E-state index in [1.54, 1.807) is 0 Å². The van der Waals surface area contributed by atoms with E-state index in [9.17, 15) is 23.5 Å². The third-order valence-corrected chi connectivity index (χ3v) is 3.90. The predicted molar refractivity (Wildman–Crippen MR) is 90.3 cm³/mol. The highest BCUT2D eigenvalue weighted by atomic mass is 19.1. The van der Waals surface area contributed by atoms with E-state index in [0.29, 0.717) is 5.56 Å². The second-order valence-corrected chi connectivity index (χ2v) is 7.07. The Balaban J connectivity index is 2.22. The number of phenols is 1. The van der Waals surface area contributed by atoms with Crippen molar-refractivity contribution in [1.29, 1.82) is 0 Å². The molecule has 0 aliphatic heterocycles. The Morgan fingerprint density at radius 1 is 1.04 bits per heavy atom. The summed E-state index contributed by atoms with van der Waals surface area (Å²) < 4.78 is 28.0. The fourth-order valence-electron chi connectivity index (χ4n) is 2.56. The van der Waals surface area contributed by atoms with Crippen LogP contribution in [0.2, 0.25) is 0 Å². The third-order valence-electron chi connectivity index (χ3n) is 3.90. The molecule has 1 aromatic heterocycles. The summed E-state index contributed by atoms with van der Waals surface area (Å²) in [5, 5.41) is 19.0. The van der Waals surface area contributed by atoms with Crippen molar-refractivity contribution in [3.8, 4) is 5.75 Å². The Labute approximate surface area is 149 Å². The van der Waals surface area contributed by atoms with Crippen LogP contribution >= 0.6 is 0 Å². The molecule has 0 aliphatic rings. The van der Waals surface area contributed by atoms with Gasteiger partial charge in [-0.1, -0.05) is 20.8 Å². The highest BCUT2D eigenvalue weighted by Gasteiger charge is 2.22. The number of carbonyl (C=O) groups excluding carboxylic acids is 1. The molecule has 0 saturated carbocycles. The average Bonchev–Trinajstić information content (AvgIpc) is 2.51. The lowest BCUT2D eigenvalue weighted by molar-refractivity contribution is -0.117. The summed E-state index contributed by atoms with van der Waals surface area (Å²) in [6, 6.07) is 3.36. The number of halogens is 2. The summed E-state index contributed by atoms with van der Waals surface area (Å²) in [6.07, 6.45) is -0.0273. The van der Waals surface area contributed by atoms with Gasteiger partial charge in [0.15, 0.2) is 0 Å². The SMILES string of the molecule is CC(C)(C)c1cc(F)c(CC(=O)Cc2cc(C(=O)O)ncc2F)cc1O. The van der Waals surface area contributed by atoms with Crippen LogP contribution in [0.1, 0.15) is 48.0 Å². The van der Waals surface area contributed by atoms with Crippen LogP contribution in [0, 0.1) is 11.6 Å². The summed E-state index contributed by atoms with van der Waals surface area (Å²) in [4.78, 5) is 26.5. The third kappa shape index (κ3) is 4.41. The summed E-state index contributed by atoms with van der Waals surface area (Å²) in [7, 11) is 0. The molecule has 2 N–H and O–H groups in total. The van der Waals surface area contributed by atoms with Gasteiger partial charge in [-0.3, -0.25) is 4.79 Å². The zero-order valence-electron chi connectivity index (χ0n) is 14.6. The molecule has 26 heavy (non-hydrogen) atoms. The second-order valence-electron chi connectivity index (χ2n) is 7.07. The molecular weight excluding hydrogens is 344 g/mol. The van der Waals surface area contributed by atoms with Gasteiger partial charge in [-0.05, 0) is 34.7 Å². The zero-order chi connectivity index (χ0) is 19.6. The summed E-state index contributed by atoms with van der Waals surface area (Å²) >= 11 is 0. The van der Waals surface area contributed by atoms with Crippen LogP contribution in [0.4, 0.5) is 8.78 Å². The number of pyridine rings is 1. The zero-order valence-corrected chi connectivity index (χ0v) is 14.6. The number of carboxylic acids is 1. The van der Waals surface area contributed by atoms with E-state index in [0.717, 1.165) is 12.3 Å². The number of carbonyl (C=O) groups is 2. The Kier molecular flexibility index (Phi) is 5.39. The number of benzene rings is 1. The van der Waals surface area contributed by atoms with Gasteiger partial charge in [0.05, 0.1) is 6.20 Å². The van der Waals surface area contributed by atoms with E-state index in [1.165, 1.54) is 12.1 Å². The molecule has 0 radical (unpaired) electrons. The quantitative estimate of drug-likeness (QED) is 0.850. The van der Waals surface area contributed by atoms with Crippen LogP contribution in [0.25, 0.3) is 0 Å². The fourth-order valence-corrected chi connectivity index (χ4v) is 2.56. The summed E-state index contributed by atoms with van der Waals surface area (Å²) in [5.74, 6) is -3.43. The van der Waals surface area contributed by atoms with Crippen LogP contribution in [-0.4, -0.2) is 26.9 Å². The number of aromatic nitrogens is 1. The average molecular weight is 363 g/mol. The van der Waals surface area contributed by atoms with Crippen molar-refractivity contribution in [3.63, 3.8) is 0 Å². The van der Waals surface area contributed by atoms with Crippen LogP contribution in [0.3, 0.4) is 0 Å². The molecule has 0 bridgehead atoms. The molecule has 2 rings (SSSR count). The van der Waals surface area contributed by atoms with Gasteiger partial charge in [0.25, 0.3) is 0 Å². The molecule has 0 aliphatic carbocycles. The summed E-state index contributed by atoms with van der Waals surface area (Å²) in [6.45, 7) is 5.45. The Morgan fingerprint density at radius 3 is 2.15 bits per heavy atom. The van der Waals surface area contributed by atoms with E-state index in [1.807, 2.05) is 20.8 Å². The van der Waals surface area contributed by atoms with E-state index in [-0.39, 0.29) is 29.0 Å². The van der Waals surface area contributed by atoms with Crippen molar-refractivity contribution in [1.82, 2.24) is 4.98 Å². The van der Waals surface area contributed by atoms with E-state index in [2.05, 4.69) is 4.98 Å². The molecule has 0 fully saturated rings. The number of hydrogen-bond acceptors (Lipinski definition) is 4. The van der Waals surface area contributed by atoms with E-state index in [4.69, 9.17) is 5.11 Å². The van der Waals surface area contributed by atoms with Gasteiger partial charge in [0, 0.05) is 18.4 Å². The lowest BCUT2D eigenvalue weighted by Crippen LogP contribution is -2.14. The number of hydrogen-bond donors (Lipinski definition) is 2. The predicted octanol–water partition coefficient (Wildman–Crippen LogP) is 3.42. The minimum Gasteiger partial charge on any atom is -0.508 e. The molecule has 0 atom stereocenters. The first-order valence-corrected chi connectivity index (χ1v) is 7.90. The number of aromatic carboxylic acids is 1. The Bertz CT molecular complexity index is 873. The number of aromatic hydroxyl groups is 1. The Morgan fingerprint density at radius 2 is 1.62 bits per heavy atom. The van der Waals surface area contributed by atoms with Gasteiger partial charge in [0.2, 0.25) is 0 Å². The minimum atomic E-state index is -1.34. The fraction of sp³-hybridized carbons (Fsp3) is 0.316. The van der Waals surface area contributed by atoms with Gasteiger partial charge in [0.1, 0.15) is 28.9 Å². The molecule has 1 heterocycles. The second kappa shape index (κ2) is 7.19. The maximum atomic E-state index is 14.3. The number of carboxylic acid groups (broad SMARTS) is 1. The number of phenolic OH excluding ortho intramolecular Hbond substituents is 1. The minimum absolute atomic E-state index is 0.00609. The maximum Gasteiger partial charge on any atom is 0.354 e. The topological polar surface area (TPSA) is 87.5 Å². The molecule has 0 amide bonds. The largest absolute Gasteiger partial charge is 0.508 e. The highest BCUT2D eigenvalue weighted by molar-refractivity contribution is 5.87. The molecule has 0 saturated heterocycles. The number of ketones is 1. The summed E-state index contributed by atoms with van der Waals surface area (Å²) in [5.41, 5.74) is -0.572. The maximum absolute atomic E-state index is 14.3. The smallest absolute Gasteiger partial charge is 0.354 e. The van der Waals surface area contributed by atoms with Crippen molar-refractivity contribution in [3.05, 3.63) is 58.4 Å². The van der Waals surface area contributed by atoms with Crippen LogP contribution in [-0.2, 0) is 23.1 Å². The molecule has 7 heteroatoms. The van der Waals surface area contributed by atoms with Gasteiger partial charge < -0.3 is 10.2 Å². The van der Waals surface area contributed by atoms with Crippen molar-refractivity contribution in [2.45, 2.75) is 39.0 Å². The number of nitrogens with zero attached hydrogens (tertiary/aromatic N) is 1. The molecule has 0 spiro atoms. The van der Waals surface area contributed by atoms with Crippen molar-refractivity contribution >= 4 is 11.8 Å². The molecule has 1 aromatic carbocycles. The lowest BCUT2D eigenvalue weighted by Gasteiger charge is -2.21. The first-order valence-electron chi connectivity index (χ1n) is 7.90. The van der Waals surface area contributed by atoms with Gasteiger partial charge in [-0.2, -0.15) is 0 Å². The normalized spacial score (nSPS) is 11.4. The van der Waals surface area contributed by atoms with Crippen LogP contribution in [0.15, 0.2) is 24.4 Å². The first-order chi connectivity index (χ1) is 12.0. The van der Waals surface area contributed by atoms with Gasteiger partial charge in [-0.25, -0.2) is 18.6 Å². The molecule has 138 valence electrons. The highest BCUT2D eigenvalue weighted by Crippen LogP contribution is 2.32. The van der Waals surface area contributed by atoms with E-state index >= 15 is 0 Å².